The highest BCUT2D eigenvalue weighted by atomic mass is 32.2. The molecule has 0 aromatic carbocycles. The summed E-state index contributed by atoms with van der Waals surface area (Å²) in [6.07, 6.45) is 7.24. The Balaban J connectivity index is 1.40. The van der Waals surface area contributed by atoms with Crippen LogP contribution in [-0.2, 0) is 19.3 Å². The average Bonchev–Trinajstić information content (AvgIpc) is 3.12. The molecule has 0 radical (unpaired) electrons. The molecule has 0 saturated carbocycles. The standard InChI is InChI=1S/C21H29N5O4S/c1-16-18(14-26-19(23-16)7-8-22-26)21(28)24-31(29)12-3-9-25(10-13-31)20(27)6-5-17-4-2-11-30-15-17/h7-8,14,17H,2-6,9-13,15H2,1H3. The Morgan fingerprint density at radius 1 is 1.29 bits per heavy atom. The number of ether oxygens (including phenoxy) is 1. The predicted octanol–water partition coefficient (Wildman–Crippen LogP) is 2.09. The molecule has 168 valence electrons. The van der Waals surface area contributed by atoms with Gasteiger partial charge in [-0.25, -0.2) is 13.7 Å². The topological polar surface area (TPSA) is 106 Å². The largest absolute Gasteiger partial charge is 0.381 e. The lowest BCUT2D eigenvalue weighted by Gasteiger charge is -2.24. The molecule has 0 aliphatic carbocycles. The molecule has 2 aliphatic rings. The fourth-order valence-electron chi connectivity index (χ4n) is 4.16. The van der Waals surface area contributed by atoms with Crippen LogP contribution in [0.2, 0.25) is 0 Å². The number of rotatable bonds is 4. The second-order valence-corrected chi connectivity index (χ2v) is 10.9. The minimum Gasteiger partial charge on any atom is -0.381 e. The van der Waals surface area contributed by atoms with Gasteiger partial charge in [-0.3, -0.25) is 9.59 Å². The maximum atomic E-state index is 13.3. The monoisotopic (exact) mass is 447 g/mol. The number of nitrogens with zero attached hydrogens (tertiary/aromatic N) is 5. The third-order valence-corrected chi connectivity index (χ3v) is 8.24. The first-order valence-corrected chi connectivity index (χ1v) is 12.7. The van der Waals surface area contributed by atoms with Crippen molar-refractivity contribution in [2.24, 2.45) is 10.3 Å². The van der Waals surface area contributed by atoms with Crippen molar-refractivity contribution in [1.82, 2.24) is 19.5 Å². The molecule has 2 amide bonds. The van der Waals surface area contributed by atoms with E-state index in [2.05, 4.69) is 14.4 Å². The Hall–Kier alpha value is -2.33. The maximum Gasteiger partial charge on any atom is 0.288 e. The lowest BCUT2D eigenvalue weighted by molar-refractivity contribution is -0.131. The van der Waals surface area contributed by atoms with Crippen LogP contribution < -0.4 is 0 Å². The highest BCUT2D eigenvalue weighted by Gasteiger charge is 2.24. The van der Waals surface area contributed by atoms with Gasteiger partial charge in [-0.1, -0.05) is 0 Å². The van der Waals surface area contributed by atoms with Crippen LogP contribution in [0.4, 0.5) is 0 Å². The molecule has 0 spiro atoms. The molecule has 10 heteroatoms. The van der Waals surface area contributed by atoms with Gasteiger partial charge in [-0.05, 0) is 38.5 Å². The van der Waals surface area contributed by atoms with Crippen molar-refractivity contribution >= 4 is 27.2 Å². The quantitative estimate of drug-likeness (QED) is 0.710. The Labute approximate surface area is 182 Å². The Bertz CT molecular complexity index is 1080. The van der Waals surface area contributed by atoms with Gasteiger partial charge < -0.3 is 9.64 Å². The Morgan fingerprint density at radius 2 is 2.16 bits per heavy atom. The van der Waals surface area contributed by atoms with E-state index in [1.54, 1.807) is 30.3 Å². The van der Waals surface area contributed by atoms with Crippen molar-refractivity contribution < 1.29 is 18.5 Å². The number of aryl methyl sites for hydroxylation is 1. The molecule has 2 unspecified atom stereocenters. The van der Waals surface area contributed by atoms with Crippen molar-refractivity contribution in [3.05, 3.63) is 29.7 Å². The van der Waals surface area contributed by atoms with Crippen LogP contribution in [-0.4, -0.2) is 73.3 Å². The summed E-state index contributed by atoms with van der Waals surface area (Å²) >= 11 is 0. The Kier molecular flexibility index (Phi) is 6.66. The molecule has 0 N–H and O–H groups in total. The SMILES string of the molecule is Cc1nc2ccnn2cc1C(=O)N=S1(=O)CCCN(C(=O)CCC2CCCOC2)CC1. The molecule has 2 atom stereocenters. The lowest BCUT2D eigenvalue weighted by atomic mass is 9.96. The van der Waals surface area contributed by atoms with E-state index in [0.29, 0.717) is 54.5 Å². The number of amides is 2. The van der Waals surface area contributed by atoms with Crippen LogP contribution in [0.3, 0.4) is 0 Å². The second kappa shape index (κ2) is 9.44. The summed E-state index contributed by atoms with van der Waals surface area (Å²) in [7, 11) is -2.73. The van der Waals surface area contributed by atoms with Gasteiger partial charge in [0.25, 0.3) is 5.91 Å². The summed E-state index contributed by atoms with van der Waals surface area (Å²) in [6.45, 7) is 4.21. The van der Waals surface area contributed by atoms with Crippen molar-refractivity contribution in [2.75, 3.05) is 37.8 Å². The van der Waals surface area contributed by atoms with Gasteiger partial charge >= 0.3 is 0 Å². The van der Waals surface area contributed by atoms with Gasteiger partial charge in [0, 0.05) is 56.5 Å². The first-order valence-electron chi connectivity index (χ1n) is 10.9. The van der Waals surface area contributed by atoms with E-state index in [0.717, 1.165) is 32.5 Å². The van der Waals surface area contributed by atoms with Crippen molar-refractivity contribution in [2.45, 2.75) is 39.0 Å². The molecule has 31 heavy (non-hydrogen) atoms. The van der Waals surface area contributed by atoms with E-state index in [1.165, 1.54) is 4.52 Å². The van der Waals surface area contributed by atoms with Crippen LogP contribution in [0.1, 0.15) is 48.2 Å². The molecule has 2 aromatic rings. The van der Waals surface area contributed by atoms with Gasteiger partial charge in [0.2, 0.25) is 5.91 Å². The third-order valence-electron chi connectivity index (χ3n) is 6.00. The third kappa shape index (κ3) is 5.30. The minimum atomic E-state index is -2.73. The van der Waals surface area contributed by atoms with E-state index in [4.69, 9.17) is 4.74 Å². The van der Waals surface area contributed by atoms with E-state index < -0.39 is 15.6 Å². The first kappa shape index (κ1) is 21.9. The summed E-state index contributed by atoms with van der Waals surface area (Å²) in [5.41, 5.74) is 1.47. The van der Waals surface area contributed by atoms with Gasteiger partial charge in [-0.2, -0.15) is 9.46 Å². The maximum absolute atomic E-state index is 13.3. The zero-order valence-corrected chi connectivity index (χ0v) is 18.7. The van der Waals surface area contributed by atoms with E-state index in [-0.39, 0.29) is 11.7 Å². The number of hydrogen-bond donors (Lipinski definition) is 0. The number of fused-ring (bicyclic) bond motifs is 1. The number of hydrogen-bond acceptors (Lipinski definition) is 6. The van der Waals surface area contributed by atoms with Crippen LogP contribution >= 0.6 is 0 Å². The Morgan fingerprint density at radius 3 is 2.97 bits per heavy atom. The van der Waals surface area contributed by atoms with Crippen molar-refractivity contribution in [1.29, 1.82) is 0 Å². The summed E-state index contributed by atoms with van der Waals surface area (Å²) < 4.78 is 24.4. The summed E-state index contributed by atoms with van der Waals surface area (Å²) in [5, 5.41) is 4.10. The predicted molar refractivity (Wildman–Crippen MR) is 116 cm³/mol. The molecule has 2 fully saturated rings. The lowest BCUT2D eigenvalue weighted by Crippen LogP contribution is -2.34. The molecule has 0 bridgehead atoms. The fraction of sp³-hybridized carbons (Fsp3) is 0.619. The number of carbonyl (C=O) groups is 2. The fourth-order valence-corrected chi connectivity index (χ4v) is 6.04. The molecule has 2 aliphatic heterocycles. The average molecular weight is 448 g/mol. The highest BCUT2D eigenvalue weighted by molar-refractivity contribution is 7.93. The van der Waals surface area contributed by atoms with Crippen LogP contribution in [0, 0.1) is 12.8 Å². The smallest absolute Gasteiger partial charge is 0.288 e. The first-order chi connectivity index (χ1) is 14.9. The molecule has 2 saturated heterocycles. The molecule has 9 nitrogen and oxygen atoms in total. The molecular formula is C21H29N5O4S. The zero-order valence-electron chi connectivity index (χ0n) is 17.9. The summed E-state index contributed by atoms with van der Waals surface area (Å²) in [5.74, 6) is 0.530. The van der Waals surface area contributed by atoms with Crippen LogP contribution in [0.15, 0.2) is 22.8 Å². The van der Waals surface area contributed by atoms with Crippen LogP contribution in [0.5, 0.6) is 0 Å². The molecular weight excluding hydrogens is 418 g/mol. The molecule has 4 heterocycles. The van der Waals surface area contributed by atoms with Crippen LogP contribution in [0.25, 0.3) is 5.65 Å². The van der Waals surface area contributed by atoms with E-state index >= 15 is 0 Å². The second-order valence-electron chi connectivity index (χ2n) is 8.31. The number of aromatic nitrogens is 3. The molecule has 4 rings (SSSR count). The number of carbonyl (C=O) groups excluding carboxylic acids is 2. The summed E-state index contributed by atoms with van der Waals surface area (Å²) in [4.78, 5) is 31.6. The van der Waals surface area contributed by atoms with Gasteiger partial charge in [0.15, 0.2) is 5.65 Å². The minimum absolute atomic E-state index is 0.0877. The van der Waals surface area contributed by atoms with E-state index in [1.807, 2.05) is 0 Å². The normalized spacial score (nSPS) is 24.7. The zero-order chi connectivity index (χ0) is 21.8. The van der Waals surface area contributed by atoms with Gasteiger partial charge in [0.05, 0.1) is 27.2 Å². The van der Waals surface area contributed by atoms with Crippen molar-refractivity contribution in [3.8, 4) is 0 Å². The molecule has 2 aromatic heterocycles. The van der Waals surface area contributed by atoms with Gasteiger partial charge in [-0.15, -0.1) is 0 Å². The highest BCUT2D eigenvalue weighted by Crippen LogP contribution is 2.20. The van der Waals surface area contributed by atoms with Gasteiger partial charge in [0.1, 0.15) is 0 Å². The van der Waals surface area contributed by atoms with E-state index in [9.17, 15) is 13.8 Å². The summed E-state index contributed by atoms with van der Waals surface area (Å²) in [6, 6.07) is 1.75. The van der Waals surface area contributed by atoms with Crippen molar-refractivity contribution in [3.63, 3.8) is 0 Å².